The van der Waals surface area contributed by atoms with Gasteiger partial charge in [0.1, 0.15) is 6.61 Å². The van der Waals surface area contributed by atoms with Gasteiger partial charge in [0.05, 0.1) is 0 Å². The molecule has 1 aliphatic heterocycles. The average Bonchev–Trinajstić information content (AvgIpc) is 3.04. The van der Waals surface area contributed by atoms with Gasteiger partial charge in [0.2, 0.25) is 5.91 Å². The van der Waals surface area contributed by atoms with E-state index in [2.05, 4.69) is 26.1 Å². The van der Waals surface area contributed by atoms with Crippen LogP contribution >= 0.6 is 0 Å². The molecule has 1 aromatic carbocycles. The molecule has 132 valence electrons. The third-order valence-electron chi connectivity index (χ3n) is 4.39. The monoisotopic (exact) mass is 332 g/mol. The van der Waals surface area contributed by atoms with Crippen molar-refractivity contribution in [2.45, 2.75) is 52.7 Å². The Balaban J connectivity index is 1.69. The number of benzene rings is 1. The van der Waals surface area contributed by atoms with E-state index in [0.29, 0.717) is 13.0 Å². The van der Waals surface area contributed by atoms with Crippen LogP contribution in [0.4, 0.5) is 4.79 Å². The summed E-state index contributed by atoms with van der Waals surface area (Å²) in [5, 5.41) is 2.65. The number of carbonyl (C=O) groups is 2. The first-order valence-electron chi connectivity index (χ1n) is 8.62. The summed E-state index contributed by atoms with van der Waals surface area (Å²) < 4.78 is 5.14. The molecule has 0 bridgehead atoms. The lowest BCUT2D eigenvalue weighted by molar-refractivity contribution is -0.133. The van der Waals surface area contributed by atoms with Gasteiger partial charge in [-0.1, -0.05) is 51.1 Å². The van der Waals surface area contributed by atoms with Crippen molar-refractivity contribution in [1.29, 1.82) is 0 Å². The molecule has 1 atom stereocenters. The van der Waals surface area contributed by atoms with Gasteiger partial charge in [-0.2, -0.15) is 0 Å². The van der Waals surface area contributed by atoms with Crippen molar-refractivity contribution in [3.05, 3.63) is 35.9 Å². The zero-order valence-electron chi connectivity index (χ0n) is 14.9. The second kappa shape index (κ2) is 8.18. The maximum absolute atomic E-state index is 12.4. The van der Waals surface area contributed by atoms with E-state index in [-0.39, 0.29) is 24.0 Å². The first-order valence-corrected chi connectivity index (χ1v) is 8.62. The standard InChI is InChI=1S/C19H28N2O3/c1-19(2,3)16-10-7-13-21(16)17(22)11-12-20-18(23)24-14-15-8-5-4-6-9-15/h4-6,8-9,16H,7,10-14H2,1-3H3,(H,20,23). The highest BCUT2D eigenvalue weighted by Crippen LogP contribution is 2.32. The molecule has 0 aromatic heterocycles. The predicted molar refractivity (Wildman–Crippen MR) is 93.4 cm³/mol. The Hall–Kier alpha value is -2.04. The predicted octanol–water partition coefficient (Wildman–Crippen LogP) is 3.34. The fraction of sp³-hybridized carbons (Fsp3) is 0.579. The fourth-order valence-corrected chi connectivity index (χ4v) is 3.15. The molecule has 1 aromatic rings. The molecular weight excluding hydrogens is 304 g/mol. The minimum Gasteiger partial charge on any atom is -0.445 e. The second-order valence-electron chi connectivity index (χ2n) is 7.35. The van der Waals surface area contributed by atoms with Gasteiger partial charge in [-0.3, -0.25) is 4.79 Å². The third-order valence-corrected chi connectivity index (χ3v) is 4.39. The number of ether oxygens (including phenoxy) is 1. The topological polar surface area (TPSA) is 58.6 Å². The van der Waals surface area contributed by atoms with Crippen LogP contribution < -0.4 is 5.32 Å². The lowest BCUT2D eigenvalue weighted by Gasteiger charge is -2.35. The molecule has 1 aliphatic rings. The molecule has 0 radical (unpaired) electrons. The molecule has 1 N–H and O–H groups in total. The molecule has 24 heavy (non-hydrogen) atoms. The van der Waals surface area contributed by atoms with Gasteiger partial charge in [0.15, 0.2) is 0 Å². The molecule has 1 unspecified atom stereocenters. The summed E-state index contributed by atoms with van der Waals surface area (Å²) >= 11 is 0. The number of carbonyl (C=O) groups excluding carboxylic acids is 2. The van der Waals surface area contributed by atoms with Crippen molar-refractivity contribution in [3.63, 3.8) is 0 Å². The lowest BCUT2D eigenvalue weighted by atomic mass is 9.85. The molecule has 1 saturated heterocycles. The largest absolute Gasteiger partial charge is 0.445 e. The van der Waals surface area contributed by atoms with Crippen LogP contribution in [0.15, 0.2) is 30.3 Å². The van der Waals surface area contributed by atoms with Gasteiger partial charge in [-0.05, 0) is 23.8 Å². The van der Waals surface area contributed by atoms with Crippen LogP contribution in [0.3, 0.4) is 0 Å². The number of alkyl carbamates (subject to hydrolysis) is 1. The summed E-state index contributed by atoms with van der Waals surface area (Å²) in [5.41, 5.74) is 1.03. The van der Waals surface area contributed by atoms with Crippen molar-refractivity contribution >= 4 is 12.0 Å². The summed E-state index contributed by atoms with van der Waals surface area (Å²) in [4.78, 5) is 26.1. The van der Waals surface area contributed by atoms with Crippen molar-refractivity contribution in [1.82, 2.24) is 10.2 Å². The van der Waals surface area contributed by atoms with E-state index in [0.717, 1.165) is 24.9 Å². The summed E-state index contributed by atoms with van der Waals surface area (Å²) in [5.74, 6) is 0.107. The minimum atomic E-state index is -0.486. The van der Waals surface area contributed by atoms with Gasteiger partial charge < -0.3 is 15.0 Å². The normalized spacial score (nSPS) is 17.6. The van der Waals surface area contributed by atoms with Crippen molar-refractivity contribution in [3.8, 4) is 0 Å². The second-order valence-corrected chi connectivity index (χ2v) is 7.35. The Bertz CT molecular complexity index is 551. The molecule has 5 nitrogen and oxygen atoms in total. The van der Waals surface area contributed by atoms with E-state index >= 15 is 0 Å². The van der Waals surface area contributed by atoms with Crippen LogP contribution in [0, 0.1) is 5.41 Å². The summed E-state index contributed by atoms with van der Waals surface area (Å²) in [6.07, 6.45) is 1.94. The van der Waals surface area contributed by atoms with Crippen LogP contribution in [0.2, 0.25) is 0 Å². The first-order chi connectivity index (χ1) is 11.4. The van der Waals surface area contributed by atoms with E-state index < -0.39 is 6.09 Å². The van der Waals surface area contributed by atoms with Gasteiger partial charge in [0.25, 0.3) is 0 Å². The smallest absolute Gasteiger partial charge is 0.407 e. The molecule has 1 heterocycles. The summed E-state index contributed by atoms with van der Waals surface area (Å²) in [6, 6.07) is 9.80. The average molecular weight is 332 g/mol. The van der Waals surface area contributed by atoms with E-state index in [4.69, 9.17) is 4.74 Å². The molecule has 2 rings (SSSR count). The maximum atomic E-state index is 12.4. The van der Waals surface area contributed by atoms with E-state index in [1.54, 1.807) is 0 Å². The Labute approximate surface area is 144 Å². The van der Waals surface area contributed by atoms with Crippen LogP contribution in [0.1, 0.15) is 45.6 Å². The zero-order valence-corrected chi connectivity index (χ0v) is 14.9. The summed E-state index contributed by atoms with van der Waals surface area (Å²) in [6.45, 7) is 7.87. The Kier molecular flexibility index (Phi) is 6.23. The van der Waals surface area contributed by atoms with Crippen LogP contribution in [0.5, 0.6) is 0 Å². The van der Waals surface area contributed by atoms with Crippen molar-refractivity contribution in [2.24, 2.45) is 5.41 Å². The highest BCUT2D eigenvalue weighted by molar-refractivity contribution is 5.78. The van der Waals surface area contributed by atoms with Crippen LogP contribution in [-0.4, -0.2) is 36.0 Å². The first kappa shape index (κ1) is 18.3. The Morgan fingerprint density at radius 3 is 2.62 bits per heavy atom. The maximum Gasteiger partial charge on any atom is 0.407 e. The number of nitrogens with zero attached hydrogens (tertiary/aromatic N) is 1. The van der Waals surface area contributed by atoms with Crippen molar-refractivity contribution < 1.29 is 14.3 Å². The SMILES string of the molecule is CC(C)(C)C1CCCN1C(=O)CCNC(=O)OCc1ccccc1. The Morgan fingerprint density at radius 2 is 1.96 bits per heavy atom. The van der Waals surface area contributed by atoms with Gasteiger partial charge >= 0.3 is 6.09 Å². The number of likely N-dealkylation sites (tertiary alicyclic amines) is 1. The highest BCUT2D eigenvalue weighted by atomic mass is 16.5. The van der Waals surface area contributed by atoms with E-state index in [1.807, 2.05) is 35.2 Å². The number of hydrogen-bond donors (Lipinski definition) is 1. The number of amides is 2. The molecular formula is C19H28N2O3. The summed E-state index contributed by atoms with van der Waals surface area (Å²) in [7, 11) is 0. The number of hydrogen-bond acceptors (Lipinski definition) is 3. The fourth-order valence-electron chi connectivity index (χ4n) is 3.15. The van der Waals surface area contributed by atoms with Gasteiger partial charge in [0, 0.05) is 25.6 Å². The highest BCUT2D eigenvalue weighted by Gasteiger charge is 2.36. The minimum absolute atomic E-state index is 0.0915. The Morgan fingerprint density at radius 1 is 1.25 bits per heavy atom. The van der Waals surface area contributed by atoms with Crippen LogP contribution in [-0.2, 0) is 16.1 Å². The molecule has 1 fully saturated rings. The molecule has 0 aliphatic carbocycles. The number of rotatable bonds is 5. The quantitative estimate of drug-likeness (QED) is 0.899. The van der Waals surface area contributed by atoms with Gasteiger partial charge in [-0.25, -0.2) is 4.79 Å². The van der Waals surface area contributed by atoms with E-state index in [1.165, 1.54) is 0 Å². The third kappa shape index (κ3) is 5.25. The zero-order chi connectivity index (χ0) is 17.6. The molecule has 0 saturated carbocycles. The number of nitrogens with one attached hydrogen (secondary N) is 1. The molecule has 2 amide bonds. The molecule has 0 spiro atoms. The lowest BCUT2D eigenvalue weighted by Crippen LogP contribution is -2.44. The van der Waals surface area contributed by atoms with Crippen LogP contribution in [0.25, 0.3) is 0 Å². The van der Waals surface area contributed by atoms with E-state index in [9.17, 15) is 9.59 Å². The van der Waals surface area contributed by atoms with Crippen molar-refractivity contribution in [2.75, 3.05) is 13.1 Å². The van der Waals surface area contributed by atoms with Gasteiger partial charge in [-0.15, -0.1) is 0 Å². The molecule has 5 heteroatoms.